The highest BCUT2D eigenvalue weighted by atomic mass is 35.5. The lowest BCUT2D eigenvalue weighted by molar-refractivity contribution is 0.0513. The topological polar surface area (TPSA) is 64.5 Å². The molecule has 1 saturated heterocycles. The largest absolute Gasteiger partial charge is 0.496 e. The molecular formula is C17H18ClN3O3. The van der Waals surface area contributed by atoms with Crippen molar-refractivity contribution < 1.29 is 14.3 Å². The van der Waals surface area contributed by atoms with Crippen LogP contribution in [0.25, 0.3) is 0 Å². The van der Waals surface area contributed by atoms with E-state index >= 15 is 0 Å². The van der Waals surface area contributed by atoms with E-state index in [-0.39, 0.29) is 12.0 Å². The zero-order valence-electron chi connectivity index (χ0n) is 13.3. The van der Waals surface area contributed by atoms with Crippen molar-refractivity contribution in [3.05, 3.63) is 47.2 Å². The van der Waals surface area contributed by atoms with Gasteiger partial charge in [-0.1, -0.05) is 11.6 Å². The lowest BCUT2D eigenvalue weighted by atomic mass is 10.1. The molecule has 0 N–H and O–H groups in total. The summed E-state index contributed by atoms with van der Waals surface area (Å²) in [4.78, 5) is 22.7. The first kappa shape index (κ1) is 16.5. The standard InChI is InChI=1S/C17H18ClN3O3/c1-23-15-6-5-12(18)10-14(15)16(22)21-9-2-4-13(11-21)24-17-19-7-3-8-20-17/h3,5-8,10,13H,2,4,9,11H2,1H3. The Kier molecular flexibility index (Phi) is 5.15. The van der Waals surface area contributed by atoms with Gasteiger partial charge in [-0.25, -0.2) is 9.97 Å². The maximum Gasteiger partial charge on any atom is 0.316 e. The van der Waals surface area contributed by atoms with Crippen molar-refractivity contribution in [2.45, 2.75) is 18.9 Å². The molecule has 1 aliphatic rings. The van der Waals surface area contributed by atoms with E-state index in [2.05, 4.69) is 9.97 Å². The smallest absolute Gasteiger partial charge is 0.316 e. The molecule has 1 fully saturated rings. The third-order valence-electron chi connectivity index (χ3n) is 3.87. The van der Waals surface area contributed by atoms with Gasteiger partial charge in [0.1, 0.15) is 11.9 Å². The molecule has 0 bridgehead atoms. The number of benzene rings is 1. The SMILES string of the molecule is COc1ccc(Cl)cc1C(=O)N1CCCC(Oc2ncccn2)C1. The Morgan fingerprint density at radius 1 is 1.33 bits per heavy atom. The summed E-state index contributed by atoms with van der Waals surface area (Å²) in [7, 11) is 1.54. The van der Waals surface area contributed by atoms with Gasteiger partial charge in [0.05, 0.1) is 19.2 Å². The van der Waals surface area contributed by atoms with Gasteiger partial charge in [-0.3, -0.25) is 4.79 Å². The maximum atomic E-state index is 12.8. The van der Waals surface area contributed by atoms with Gasteiger partial charge >= 0.3 is 6.01 Å². The Labute approximate surface area is 145 Å². The Hall–Kier alpha value is -2.34. The van der Waals surface area contributed by atoms with E-state index in [0.29, 0.717) is 35.4 Å². The van der Waals surface area contributed by atoms with Gasteiger partial charge in [0.25, 0.3) is 5.91 Å². The molecule has 1 amide bonds. The average Bonchev–Trinajstić information content (AvgIpc) is 2.62. The molecule has 7 heteroatoms. The van der Waals surface area contributed by atoms with Gasteiger partial charge in [0.15, 0.2) is 0 Å². The van der Waals surface area contributed by atoms with E-state index < -0.39 is 0 Å². The molecule has 24 heavy (non-hydrogen) atoms. The number of hydrogen-bond donors (Lipinski definition) is 0. The normalized spacial score (nSPS) is 17.4. The molecule has 1 aromatic heterocycles. The van der Waals surface area contributed by atoms with Crippen LogP contribution in [0.3, 0.4) is 0 Å². The van der Waals surface area contributed by atoms with Crippen molar-refractivity contribution >= 4 is 17.5 Å². The molecule has 0 radical (unpaired) electrons. The molecule has 2 heterocycles. The van der Waals surface area contributed by atoms with Gasteiger partial charge in [-0.2, -0.15) is 0 Å². The number of hydrogen-bond acceptors (Lipinski definition) is 5. The first-order valence-corrected chi connectivity index (χ1v) is 8.11. The number of carbonyl (C=O) groups is 1. The third-order valence-corrected chi connectivity index (χ3v) is 4.11. The molecule has 0 aliphatic carbocycles. The molecule has 1 atom stereocenters. The van der Waals surface area contributed by atoms with Crippen molar-refractivity contribution in [2.24, 2.45) is 0 Å². The molecule has 2 aromatic rings. The molecule has 3 rings (SSSR count). The number of ether oxygens (including phenoxy) is 2. The highest BCUT2D eigenvalue weighted by Gasteiger charge is 2.27. The van der Waals surface area contributed by atoms with Crippen molar-refractivity contribution in [1.29, 1.82) is 0 Å². The molecule has 0 spiro atoms. The van der Waals surface area contributed by atoms with Gasteiger partial charge in [-0.05, 0) is 37.1 Å². The summed E-state index contributed by atoms with van der Waals surface area (Å²) in [5.74, 6) is 0.399. The Bertz CT molecular complexity index is 711. The zero-order valence-corrected chi connectivity index (χ0v) is 14.1. The number of piperidine rings is 1. The van der Waals surface area contributed by atoms with Gasteiger partial charge in [-0.15, -0.1) is 0 Å². The summed E-state index contributed by atoms with van der Waals surface area (Å²) in [5, 5.41) is 0.502. The van der Waals surface area contributed by atoms with E-state index in [1.165, 1.54) is 7.11 Å². The summed E-state index contributed by atoms with van der Waals surface area (Å²) in [6, 6.07) is 7.09. The quantitative estimate of drug-likeness (QED) is 0.851. The van der Waals surface area contributed by atoms with Crippen LogP contribution in [-0.4, -0.2) is 47.1 Å². The fraction of sp³-hybridized carbons (Fsp3) is 0.353. The Morgan fingerprint density at radius 2 is 2.12 bits per heavy atom. The van der Waals surface area contributed by atoms with Crippen LogP contribution in [0.4, 0.5) is 0 Å². The summed E-state index contributed by atoms with van der Waals surface area (Å²) in [6.45, 7) is 1.15. The molecule has 126 valence electrons. The van der Waals surface area contributed by atoms with Crippen LogP contribution in [-0.2, 0) is 0 Å². The van der Waals surface area contributed by atoms with Crippen LogP contribution < -0.4 is 9.47 Å². The number of amides is 1. The number of aromatic nitrogens is 2. The predicted octanol–water partition coefficient (Wildman–Crippen LogP) is 2.82. The summed E-state index contributed by atoms with van der Waals surface area (Å²) < 4.78 is 11.1. The van der Waals surface area contributed by atoms with Crippen LogP contribution >= 0.6 is 11.6 Å². The number of carbonyl (C=O) groups excluding carboxylic acids is 1. The Balaban J connectivity index is 1.72. The molecule has 1 aliphatic heterocycles. The minimum absolute atomic E-state index is 0.114. The summed E-state index contributed by atoms with van der Waals surface area (Å²) >= 11 is 6.03. The zero-order chi connectivity index (χ0) is 16.9. The van der Waals surface area contributed by atoms with Crippen molar-refractivity contribution in [2.75, 3.05) is 20.2 Å². The summed E-state index contributed by atoms with van der Waals surface area (Å²) in [5.41, 5.74) is 0.460. The fourth-order valence-electron chi connectivity index (χ4n) is 2.73. The minimum Gasteiger partial charge on any atom is -0.496 e. The van der Waals surface area contributed by atoms with E-state index in [4.69, 9.17) is 21.1 Å². The van der Waals surface area contributed by atoms with E-state index in [0.717, 1.165) is 12.8 Å². The van der Waals surface area contributed by atoms with Gasteiger partial charge in [0, 0.05) is 24.0 Å². The van der Waals surface area contributed by atoms with Crippen LogP contribution in [0, 0.1) is 0 Å². The minimum atomic E-state index is -0.129. The van der Waals surface area contributed by atoms with E-state index in [1.54, 1.807) is 41.6 Å². The number of nitrogens with zero attached hydrogens (tertiary/aromatic N) is 3. The second-order valence-electron chi connectivity index (χ2n) is 5.51. The third kappa shape index (κ3) is 3.76. The number of rotatable bonds is 4. The van der Waals surface area contributed by atoms with Crippen LogP contribution in [0.2, 0.25) is 5.02 Å². The van der Waals surface area contributed by atoms with E-state index in [1.807, 2.05) is 0 Å². The van der Waals surface area contributed by atoms with E-state index in [9.17, 15) is 4.79 Å². The monoisotopic (exact) mass is 347 g/mol. The fourth-order valence-corrected chi connectivity index (χ4v) is 2.90. The van der Waals surface area contributed by atoms with Crippen LogP contribution in [0.1, 0.15) is 23.2 Å². The molecule has 0 saturated carbocycles. The summed E-state index contributed by atoms with van der Waals surface area (Å²) in [6.07, 6.45) is 4.84. The Morgan fingerprint density at radius 3 is 2.88 bits per heavy atom. The lowest BCUT2D eigenvalue weighted by Crippen LogP contribution is -2.44. The maximum absolute atomic E-state index is 12.8. The van der Waals surface area contributed by atoms with Gasteiger partial charge < -0.3 is 14.4 Å². The number of likely N-dealkylation sites (tertiary alicyclic amines) is 1. The molecule has 1 aromatic carbocycles. The average molecular weight is 348 g/mol. The first-order valence-electron chi connectivity index (χ1n) is 7.74. The van der Waals surface area contributed by atoms with Gasteiger partial charge in [0.2, 0.25) is 0 Å². The predicted molar refractivity (Wildman–Crippen MR) is 89.6 cm³/mol. The highest BCUT2D eigenvalue weighted by Crippen LogP contribution is 2.26. The first-order chi connectivity index (χ1) is 11.7. The second-order valence-corrected chi connectivity index (χ2v) is 5.95. The molecular weight excluding hydrogens is 330 g/mol. The number of methoxy groups -OCH3 is 1. The van der Waals surface area contributed by atoms with Crippen LogP contribution in [0.5, 0.6) is 11.8 Å². The molecule has 1 unspecified atom stereocenters. The molecule has 6 nitrogen and oxygen atoms in total. The van der Waals surface area contributed by atoms with Crippen molar-refractivity contribution in [1.82, 2.24) is 14.9 Å². The highest BCUT2D eigenvalue weighted by molar-refractivity contribution is 6.31. The second kappa shape index (κ2) is 7.49. The number of halogens is 1. The van der Waals surface area contributed by atoms with Crippen LogP contribution in [0.15, 0.2) is 36.7 Å². The van der Waals surface area contributed by atoms with Crippen molar-refractivity contribution in [3.63, 3.8) is 0 Å². The van der Waals surface area contributed by atoms with Crippen molar-refractivity contribution in [3.8, 4) is 11.8 Å². The lowest BCUT2D eigenvalue weighted by Gasteiger charge is -2.32.